The molecule has 0 aliphatic rings. The normalized spacial score (nSPS) is 13.0. The summed E-state index contributed by atoms with van der Waals surface area (Å²) < 4.78 is 5.46. The highest BCUT2D eigenvalue weighted by Gasteiger charge is 2.19. The second-order valence-electron chi connectivity index (χ2n) is 3.77. The molecule has 0 saturated carbocycles. The topological polar surface area (TPSA) is 25.2 Å². The van der Waals surface area contributed by atoms with Gasteiger partial charge in [-0.2, -0.15) is 0 Å². The maximum absolute atomic E-state index is 5.80. The smallest absolute Gasteiger partial charge is 0.193 e. The molecule has 86 valence electrons. The van der Waals surface area contributed by atoms with Gasteiger partial charge in [-0.05, 0) is 56.3 Å². The molecule has 4 heteroatoms. The van der Waals surface area contributed by atoms with Gasteiger partial charge in [0.15, 0.2) is 5.22 Å². The molecule has 1 unspecified atom stereocenters. The van der Waals surface area contributed by atoms with Crippen LogP contribution in [0.25, 0.3) is 0 Å². The monoisotopic (exact) mass is 255 g/mol. The summed E-state index contributed by atoms with van der Waals surface area (Å²) in [6, 6.07) is 5.97. The Kier molecular flexibility index (Phi) is 3.38. The van der Waals surface area contributed by atoms with E-state index in [-0.39, 0.29) is 6.04 Å². The van der Waals surface area contributed by atoms with Gasteiger partial charge in [0, 0.05) is 9.75 Å². The van der Waals surface area contributed by atoms with Crippen LogP contribution in [-0.2, 0) is 0 Å². The molecule has 2 nitrogen and oxygen atoms in total. The van der Waals surface area contributed by atoms with Gasteiger partial charge in [-0.1, -0.05) is 0 Å². The summed E-state index contributed by atoms with van der Waals surface area (Å²) in [6.07, 6.45) is 0. The van der Waals surface area contributed by atoms with Crippen LogP contribution in [0.2, 0.25) is 5.22 Å². The lowest BCUT2D eigenvalue weighted by molar-refractivity contribution is 0.467. The Morgan fingerprint density at radius 1 is 1.38 bits per heavy atom. The van der Waals surface area contributed by atoms with Crippen LogP contribution in [0, 0.1) is 13.8 Å². The molecule has 2 aromatic heterocycles. The summed E-state index contributed by atoms with van der Waals surface area (Å²) in [6.45, 7) is 4.23. The Morgan fingerprint density at radius 2 is 2.12 bits per heavy atom. The zero-order valence-electron chi connectivity index (χ0n) is 9.50. The van der Waals surface area contributed by atoms with Gasteiger partial charge in [0.1, 0.15) is 11.8 Å². The van der Waals surface area contributed by atoms with Gasteiger partial charge < -0.3 is 9.73 Å². The number of halogens is 1. The van der Waals surface area contributed by atoms with Gasteiger partial charge in [0.2, 0.25) is 0 Å². The van der Waals surface area contributed by atoms with E-state index in [0.29, 0.717) is 5.22 Å². The average molecular weight is 256 g/mol. The van der Waals surface area contributed by atoms with Crippen molar-refractivity contribution >= 4 is 22.9 Å². The molecule has 0 saturated heterocycles. The highest BCUT2D eigenvalue weighted by atomic mass is 35.5. The van der Waals surface area contributed by atoms with Crippen LogP contribution in [0.5, 0.6) is 0 Å². The molecule has 1 atom stereocenters. The van der Waals surface area contributed by atoms with Gasteiger partial charge in [0.25, 0.3) is 0 Å². The van der Waals surface area contributed by atoms with E-state index in [1.54, 1.807) is 17.4 Å². The van der Waals surface area contributed by atoms with Gasteiger partial charge in [-0.25, -0.2) is 0 Å². The van der Waals surface area contributed by atoms with Crippen molar-refractivity contribution in [1.82, 2.24) is 5.32 Å². The number of rotatable bonds is 3. The highest BCUT2D eigenvalue weighted by molar-refractivity contribution is 7.12. The first-order valence-corrected chi connectivity index (χ1v) is 6.30. The predicted octanol–water partition coefficient (Wildman–Crippen LogP) is 3.92. The minimum atomic E-state index is 0.0891. The van der Waals surface area contributed by atoms with E-state index >= 15 is 0 Å². The first-order chi connectivity index (χ1) is 7.61. The molecule has 0 radical (unpaired) electrons. The lowest BCUT2D eigenvalue weighted by atomic mass is 10.1. The van der Waals surface area contributed by atoms with Crippen molar-refractivity contribution in [2.24, 2.45) is 0 Å². The number of thiophene rings is 1. The van der Waals surface area contributed by atoms with E-state index in [2.05, 4.69) is 25.2 Å². The van der Waals surface area contributed by atoms with Crippen LogP contribution in [-0.4, -0.2) is 7.05 Å². The SMILES string of the molecule is CNC(c1ccc(Cl)o1)c1sc(C)cc1C. The molecule has 0 spiro atoms. The molecule has 0 aliphatic heterocycles. The molecular formula is C12H14ClNOS. The van der Waals surface area contributed by atoms with Crippen LogP contribution in [0.15, 0.2) is 22.6 Å². The Bertz CT molecular complexity index is 489. The van der Waals surface area contributed by atoms with E-state index in [0.717, 1.165) is 5.76 Å². The largest absolute Gasteiger partial charge is 0.448 e. The standard InChI is InChI=1S/C12H14ClNOS/c1-7-6-8(2)16-12(7)11(14-3)9-4-5-10(13)15-9/h4-6,11,14H,1-3H3. The molecule has 0 fully saturated rings. The van der Waals surface area contributed by atoms with E-state index < -0.39 is 0 Å². The maximum atomic E-state index is 5.80. The zero-order chi connectivity index (χ0) is 11.7. The number of hydrogen-bond donors (Lipinski definition) is 1. The van der Waals surface area contributed by atoms with Gasteiger partial charge in [0.05, 0.1) is 0 Å². The molecule has 2 aromatic rings. The minimum absolute atomic E-state index is 0.0891. The quantitative estimate of drug-likeness (QED) is 0.899. The van der Waals surface area contributed by atoms with E-state index in [4.69, 9.17) is 16.0 Å². The van der Waals surface area contributed by atoms with Crippen LogP contribution in [0.4, 0.5) is 0 Å². The number of hydrogen-bond acceptors (Lipinski definition) is 3. The van der Waals surface area contributed by atoms with Crippen molar-refractivity contribution in [2.45, 2.75) is 19.9 Å². The van der Waals surface area contributed by atoms with Crippen LogP contribution in [0.3, 0.4) is 0 Å². The molecular weight excluding hydrogens is 242 g/mol. The van der Waals surface area contributed by atoms with Crippen molar-refractivity contribution < 1.29 is 4.42 Å². The molecule has 0 bridgehead atoms. The maximum Gasteiger partial charge on any atom is 0.193 e. The lowest BCUT2D eigenvalue weighted by Crippen LogP contribution is -2.16. The third-order valence-corrected chi connectivity index (χ3v) is 3.93. The van der Waals surface area contributed by atoms with Crippen molar-refractivity contribution in [3.05, 3.63) is 44.5 Å². The van der Waals surface area contributed by atoms with Crippen LogP contribution < -0.4 is 5.32 Å². The number of furan rings is 1. The Labute approximate surface area is 104 Å². The molecule has 0 amide bonds. The van der Waals surface area contributed by atoms with Gasteiger partial charge >= 0.3 is 0 Å². The predicted molar refractivity (Wildman–Crippen MR) is 68.4 cm³/mol. The van der Waals surface area contributed by atoms with Crippen LogP contribution in [0.1, 0.15) is 27.1 Å². The zero-order valence-corrected chi connectivity index (χ0v) is 11.1. The third kappa shape index (κ3) is 2.17. The van der Waals surface area contributed by atoms with Gasteiger partial charge in [-0.3, -0.25) is 0 Å². The van der Waals surface area contributed by atoms with Crippen molar-refractivity contribution in [2.75, 3.05) is 7.05 Å². The average Bonchev–Trinajstić information content (AvgIpc) is 2.76. The van der Waals surface area contributed by atoms with Crippen molar-refractivity contribution in [1.29, 1.82) is 0 Å². The molecule has 0 aromatic carbocycles. The van der Waals surface area contributed by atoms with E-state index in [1.165, 1.54) is 15.3 Å². The molecule has 1 N–H and O–H groups in total. The summed E-state index contributed by atoms with van der Waals surface area (Å²) in [4.78, 5) is 2.59. The first kappa shape index (κ1) is 11.7. The molecule has 0 aliphatic carbocycles. The number of aryl methyl sites for hydroxylation is 2. The summed E-state index contributed by atoms with van der Waals surface area (Å²) in [7, 11) is 1.93. The fourth-order valence-corrected chi connectivity index (χ4v) is 3.14. The Hall–Kier alpha value is -0.770. The molecule has 16 heavy (non-hydrogen) atoms. The van der Waals surface area contributed by atoms with Gasteiger partial charge in [-0.15, -0.1) is 11.3 Å². The second-order valence-corrected chi connectivity index (χ2v) is 5.43. The summed E-state index contributed by atoms with van der Waals surface area (Å²) in [5.74, 6) is 0.859. The molecule has 2 heterocycles. The fraction of sp³-hybridized carbons (Fsp3) is 0.333. The minimum Gasteiger partial charge on any atom is -0.448 e. The summed E-state index contributed by atoms with van der Waals surface area (Å²) in [5, 5.41) is 3.69. The third-order valence-electron chi connectivity index (χ3n) is 2.51. The fourth-order valence-electron chi connectivity index (χ4n) is 1.83. The summed E-state index contributed by atoms with van der Waals surface area (Å²) in [5.41, 5.74) is 1.29. The summed E-state index contributed by atoms with van der Waals surface area (Å²) >= 11 is 7.59. The van der Waals surface area contributed by atoms with E-state index in [1.807, 2.05) is 13.1 Å². The van der Waals surface area contributed by atoms with Crippen molar-refractivity contribution in [3.8, 4) is 0 Å². The first-order valence-electron chi connectivity index (χ1n) is 5.11. The van der Waals surface area contributed by atoms with E-state index in [9.17, 15) is 0 Å². The Balaban J connectivity index is 2.40. The highest BCUT2D eigenvalue weighted by Crippen LogP contribution is 2.33. The lowest BCUT2D eigenvalue weighted by Gasteiger charge is -2.12. The number of nitrogens with one attached hydrogen (secondary N) is 1. The Morgan fingerprint density at radius 3 is 2.56 bits per heavy atom. The molecule has 2 rings (SSSR count). The second kappa shape index (κ2) is 4.62. The van der Waals surface area contributed by atoms with Crippen LogP contribution >= 0.6 is 22.9 Å². The van der Waals surface area contributed by atoms with Crippen molar-refractivity contribution in [3.63, 3.8) is 0 Å².